The van der Waals surface area contributed by atoms with Gasteiger partial charge in [-0.25, -0.2) is 4.98 Å². The van der Waals surface area contributed by atoms with Gasteiger partial charge >= 0.3 is 0 Å². The third-order valence-corrected chi connectivity index (χ3v) is 8.87. The van der Waals surface area contributed by atoms with Crippen LogP contribution in [0.4, 0.5) is 0 Å². The Morgan fingerprint density at radius 3 is 2.26 bits per heavy atom. The molecule has 7 rings (SSSR count). The van der Waals surface area contributed by atoms with Crippen LogP contribution in [0.15, 0.2) is 77.5 Å². The topological polar surface area (TPSA) is 51.8 Å². The summed E-state index contributed by atoms with van der Waals surface area (Å²) in [5, 5.41) is 2.82. The SMILES string of the molecule is Cc1c[c-]c(-c2ccc(C)cn2)cc1.[2H]C([2H])([2H])c1cnc(-c2[c-]ccc3c2oc2c3ccc3sc(C(C)(C)C)nc32)cc1C([2H])([2H])C(C)(C)C.[Ir]. The van der Waals surface area contributed by atoms with Gasteiger partial charge in [0.1, 0.15) is 11.1 Å². The Bertz CT molecular complexity index is 2320. The third kappa shape index (κ3) is 7.56. The molecule has 4 heterocycles. The molecular weight excluding hydrogens is 775 g/mol. The Hall–Kier alpha value is -3.70. The number of benzene rings is 3. The number of fused-ring (bicyclic) bond motifs is 5. The molecule has 243 valence electrons. The number of pyridine rings is 2. The molecule has 0 fully saturated rings. The molecule has 3 aromatic carbocycles. The smallest absolute Gasteiger partial charge is 0.148 e. The van der Waals surface area contributed by atoms with Crippen LogP contribution in [0.1, 0.15) is 75.7 Å². The van der Waals surface area contributed by atoms with E-state index in [2.05, 4.69) is 68.0 Å². The van der Waals surface area contributed by atoms with Gasteiger partial charge in [-0.05, 0) is 54.1 Å². The van der Waals surface area contributed by atoms with Gasteiger partial charge in [0, 0.05) is 50.2 Å². The van der Waals surface area contributed by atoms with Crippen LogP contribution in [-0.2, 0) is 31.9 Å². The minimum absolute atomic E-state index is 0. The molecule has 1 radical (unpaired) electrons. The summed E-state index contributed by atoms with van der Waals surface area (Å²) in [6, 6.07) is 26.0. The van der Waals surface area contributed by atoms with Crippen molar-refractivity contribution < 1.29 is 31.4 Å². The maximum atomic E-state index is 8.84. The molecule has 0 aliphatic heterocycles. The molecule has 0 saturated heterocycles. The number of thiazole rings is 1. The molecule has 0 saturated carbocycles. The summed E-state index contributed by atoms with van der Waals surface area (Å²) in [5.74, 6) is 0. The first-order valence-electron chi connectivity index (χ1n) is 17.9. The zero-order chi connectivity index (χ0) is 37.1. The minimum atomic E-state index is -2.50. The summed E-state index contributed by atoms with van der Waals surface area (Å²) in [6.07, 6.45) is 1.22. The van der Waals surface area contributed by atoms with Crippen molar-refractivity contribution in [2.75, 3.05) is 0 Å². The van der Waals surface area contributed by atoms with Crippen LogP contribution in [0.2, 0.25) is 0 Å². The number of rotatable bonds is 3. The van der Waals surface area contributed by atoms with E-state index in [1.807, 2.05) is 43.5 Å². The molecule has 0 unspecified atom stereocenters. The van der Waals surface area contributed by atoms with E-state index in [0.717, 1.165) is 37.3 Å². The predicted octanol–water partition coefficient (Wildman–Crippen LogP) is 11.4. The fraction of sp³-hybridized carbons (Fsp3) is 0.293. The van der Waals surface area contributed by atoms with Crippen LogP contribution < -0.4 is 0 Å². The van der Waals surface area contributed by atoms with Gasteiger partial charge in [-0.1, -0.05) is 89.2 Å². The number of nitrogens with zero attached hydrogens (tertiary/aromatic N) is 3. The molecule has 4 aromatic heterocycles. The van der Waals surface area contributed by atoms with E-state index < -0.39 is 18.6 Å². The predicted molar refractivity (Wildman–Crippen MR) is 194 cm³/mol. The van der Waals surface area contributed by atoms with Gasteiger partial charge < -0.3 is 14.4 Å². The Morgan fingerprint density at radius 2 is 1.60 bits per heavy atom. The van der Waals surface area contributed by atoms with Crippen molar-refractivity contribution in [1.29, 1.82) is 0 Å². The van der Waals surface area contributed by atoms with Gasteiger partial charge in [0.2, 0.25) is 0 Å². The fourth-order valence-electron chi connectivity index (χ4n) is 5.09. The molecule has 0 N–H and O–H groups in total. The second kappa shape index (κ2) is 13.4. The zero-order valence-corrected chi connectivity index (χ0v) is 31.1. The first kappa shape index (κ1) is 28.3. The first-order chi connectivity index (χ1) is 23.8. The molecule has 0 atom stereocenters. The van der Waals surface area contributed by atoms with Crippen molar-refractivity contribution in [3.05, 3.63) is 112 Å². The molecule has 0 aliphatic rings. The van der Waals surface area contributed by atoms with E-state index in [1.165, 1.54) is 17.3 Å². The number of aromatic nitrogens is 3. The van der Waals surface area contributed by atoms with E-state index in [0.29, 0.717) is 22.4 Å². The van der Waals surface area contributed by atoms with Crippen molar-refractivity contribution >= 4 is 43.5 Å². The van der Waals surface area contributed by atoms with Crippen molar-refractivity contribution in [3.63, 3.8) is 0 Å². The van der Waals surface area contributed by atoms with Gasteiger partial charge in [0.25, 0.3) is 0 Å². The number of aryl methyl sites for hydroxylation is 3. The maximum Gasteiger partial charge on any atom is 0.148 e. The monoisotopic (exact) mass is 821 g/mol. The number of hydrogen-bond donors (Lipinski definition) is 0. The Morgan fingerprint density at radius 1 is 0.851 bits per heavy atom. The van der Waals surface area contributed by atoms with E-state index >= 15 is 0 Å². The van der Waals surface area contributed by atoms with Crippen LogP contribution in [0, 0.1) is 38.2 Å². The average Bonchev–Trinajstić information content (AvgIpc) is 3.67. The van der Waals surface area contributed by atoms with Crippen LogP contribution in [0.25, 0.3) is 54.7 Å². The molecule has 0 bridgehead atoms. The fourth-order valence-corrected chi connectivity index (χ4v) is 6.11. The second-order valence-corrected chi connectivity index (χ2v) is 14.8. The average molecular weight is 821 g/mol. The van der Waals surface area contributed by atoms with Gasteiger partial charge in [-0.3, -0.25) is 0 Å². The Labute approximate surface area is 303 Å². The molecule has 7 aromatic rings. The van der Waals surface area contributed by atoms with E-state index in [9.17, 15) is 0 Å². The van der Waals surface area contributed by atoms with E-state index in [1.54, 1.807) is 44.2 Å². The Balaban J connectivity index is 0.000000292. The van der Waals surface area contributed by atoms with Gasteiger partial charge in [-0.15, -0.1) is 64.9 Å². The van der Waals surface area contributed by atoms with Crippen LogP contribution in [-0.4, -0.2) is 15.0 Å². The minimum Gasteiger partial charge on any atom is -0.498 e. The molecular formula is C41H41IrN3OS-2. The summed E-state index contributed by atoms with van der Waals surface area (Å²) in [7, 11) is 0. The van der Waals surface area contributed by atoms with Crippen LogP contribution in [0.3, 0.4) is 0 Å². The van der Waals surface area contributed by atoms with Gasteiger partial charge in [-0.2, -0.15) is 0 Å². The summed E-state index contributed by atoms with van der Waals surface area (Å²) >= 11 is 1.65. The van der Waals surface area contributed by atoms with Gasteiger partial charge in [0.05, 0.1) is 15.3 Å². The molecule has 0 aliphatic carbocycles. The third-order valence-electron chi connectivity index (χ3n) is 7.43. The summed E-state index contributed by atoms with van der Waals surface area (Å²) in [5.41, 5.74) is 6.53. The van der Waals surface area contributed by atoms with Crippen LogP contribution >= 0.6 is 11.3 Å². The molecule has 6 heteroatoms. The molecule has 0 amide bonds. The number of furan rings is 1. The summed E-state index contributed by atoms with van der Waals surface area (Å²) in [6.45, 7) is 13.3. The van der Waals surface area contributed by atoms with Crippen molar-refractivity contribution in [3.8, 4) is 22.5 Å². The Kier molecular flexibility index (Phi) is 8.09. The standard InChI is InChI=1S/C28H29N2OS.C13H12N.Ir/c1-16-15-29-21(13-17(16)14-27(2,3)4)20-10-8-9-18-19-11-12-22-23(25(19)31-24(18)20)30-26(32-22)28(5,6)7;1-10-3-6-12(7-4-10)13-8-5-11(2)9-14-13;/h8-9,11-13,15H,14H2,1-7H3;3-6,8-9H,1-2H3;/q2*-1;/i1D3,14D2;;. The largest absolute Gasteiger partial charge is 0.498 e. The quantitative estimate of drug-likeness (QED) is 0.167. The zero-order valence-electron chi connectivity index (χ0n) is 32.9. The summed E-state index contributed by atoms with van der Waals surface area (Å²) in [4.78, 5) is 13.7. The molecule has 0 spiro atoms. The van der Waals surface area contributed by atoms with Crippen LogP contribution in [0.5, 0.6) is 0 Å². The normalized spacial score (nSPS) is 14.0. The van der Waals surface area contributed by atoms with E-state index in [-0.39, 0.29) is 36.6 Å². The molecule has 4 nitrogen and oxygen atoms in total. The van der Waals surface area contributed by atoms with E-state index in [4.69, 9.17) is 16.3 Å². The second-order valence-electron chi connectivity index (χ2n) is 13.7. The summed E-state index contributed by atoms with van der Waals surface area (Å²) < 4.78 is 49.1. The van der Waals surface area contributed by atoms with Crippen molar-refractivity contribution in [2.45, 2.75) is 74.0 Å². The van der Waals surface area contributed by atoms with Crippen molar-refractivity contribution in [2.24, 2.45) is 5.41 Å². The molecule has 47 heavy (non-hydrogen) atoms. The maximum absolute atomic E-state index is 8.84. The number of hydrogen-bond acceptors (Lipinski definition) is 5. The van der Waals surface area contributed by atoms with Gasteiger partial charge in [0.15, 0.2) is 0 Å². The van der Waals surface area contributed by atoms with Crippen molar-refractivity contribution in [1.82, 2.24) is 15.0 Å². The first-order valence-corrected chi connectivity index (χ1v) is 16.2.